The number of carboxylic acid groups (broad SMARTS) is 1. The first-order valence-electron chi connectivity index (χ1n) is 7.73. The molecule has 8 nitrogen and oxygen atoms in total. The molecule has 2 aromatic carbocycles. The second-order valence-electron chi connectivity index (χ2n) is 5.43. The predicted octanol–water partition coefficient (Wildman–Crippen LogP) is 4.43. The highest BCUT2D eigenvalue weighted by molar-refractivity contribution is 6.03. The summed E-state index contributed by atoms with van der Waals surface area (Å²) >= 11 is 0. The number of allylic oxidation sites excluding steroid dienone is 1. The molecule has 0 spiro atoms. The molecule has 0 bridgehead atoms. The molecule has 0 aliphatic carbocycles. The van der Waals surface area contributed by atoms with Crippen LogP contribution < -0.4 is 5.32 Å². The number of carbonyl (C=O) groups is 2. The highest BCUT2D eigenvalue weighted by Gasteiger charge is 2.15. The van der Waals surface area contributed by atoms with Gasteiger partial charge in [-0.3, -0.25) is 4.79 Å². The van der Waals surface area contributed by atoms with Crippen LogP contribution in [0.5, 0.6) is 0 Å². The maximum Gasteiger partial charge on any atom is 0.337 e. The smallest absolute Gasteiger partial charge is 0.337 e. The summed E-state index contributed by atoms with van der Waals surface area (Å²) in [5, 5.41) is 38.2. The molecule has 1 amide bonds. The van der Waals surface area contributed by atoms with Gasteiger partial charge in [0.05, 0.1) is 5.56 Å². The van der Waals surface area contributed by atoms with Crippen LogP contribution in [-0.4, -0.2) is 27.2 Å². The van der Waals surface area contributed by atoms with Crippen LogP contribution in [0.25, 0.3) is 5.76 Å². The van der Waals surface area contributed by atoms with Crippen LogP contribution in [0.3, 0.4) is 0 Å². The Labute approximate surface area is 154 Å². The lowest BCUT2D eigenvalue weighted by Gasteiger charge is -2.07. The molecule has 0 heterocycles. The molecule has 4 N–H and O–H groups in total. The van der Waals surface area contributed by atoms with Gasteiger partial charge in [0.2, 0.25) is 0 Å². The molecular formula is C19H17N3O5. The number of nitrogens with one attached hydrogen (secondary N) is 1. The Morgan fingerprint density at radius 3 is 2.19 bits per heavy atom. The Balaban J connectivity index is 2.23. The van der Waals surface area contributed by atoms with E-state index in [1.54, 1.807) is 18.2 Å². The van der Waals surface area contributed by atoms with Crippen molar-refractivity contribution in [1.29, 1.82) is 0 Å². The third-order valence-electron chi connectivity index (χ3n) is 3.43. The van der Waals surface area contributed by atoms with E-state index >= 15 is 0 Å². The predicted molar refractivity (Wildman–Crippen MR) is 100.0 cm³/mol. The highest BCUT2D eigenvalue weighted by atomic mass is 16.4. The molecule has 0 saturated heterocycles. The molecule has 0 aliphatic rings. The van der Waals surface area contributed by atoms with Crippen molar-refractivity contribution in [3.63, 3.8) is 0 Å². The van der Waals surface area contributed by atoms with Gasteiger partial charge in [-0.05, 0) is 43.3 Å². The summed E-state index contributed by atoms with van der Waals surface area (Å²) in [6, 6.07) is 12.1. The second-order valence-corrected chi connectivity index (χ2v) is 5.43. The van der Waals surface area contributed by atoms with Gasteiger partial charge in [-0.25, -0.2) is 4.79 Å². The van der Waals surface area contributed by atoms with Crippen molar-refractivity contribution in [2.24, 2.45) is 10.2 Å². The third kappa shape index (κ3) is 5.02. The normalized spacial score (nSPS) is 11.7. The minimum absolute atomic E-state index is 0.0439. The van der Waals surface area contributed by atoms with E-state index in [2.05, 4.69) is 22.1 Å². The van der Waals surface area contributed by atoms with E-state index < -0.39 is 11.9 Å². The minimum atomic E-state index is -1.19. The molecule has 27 heavy (non-hydrogen) atoms. The van der Waals surface area contributed by atoms with Gasteiger partial charge in [-0.15, -0.1) is 10.2 Å². The fraction of sp³-hybridized carbons (Fsp3) is 0.0526. The SMILES string of the molecule is C=C(O)c1ccc(NC(=O)C(N=Nc2ccccc2C(=O)O)=C(C)O)cc1. The van der Waals surface area contributed by atoms with E-state index in [-0.39, 0.29) is 28.5 Å². The Kier molecular flexibility index (Phi) is 6.06. The van der Waals surface area contributed by atoms with E-state index in [4.69, 9.17) is 5.11 Å². The fourth-order valence-corrected chi connectivity index (χ4v) is 2.06. The van der Waals surface area contributed by atoms with Gasteiger partial charge < -0.3 is 20.6 Å². The summed E-state index contributed by atoms with van der Waals surface area (Å²) in [4.78, 5) is 23.5. The molecule has 0 radical (unpaired) electrons. The van der Waals surface area contributed by atoms with Crippen molar-refractivity contribution >= 4 is 29.0 Å². The molecular weight excluding hydrogens is 350 g/mol. The first-order valence-corrected chi connectivity index (χ1v) is 7.73. The topological polar surface area (TPSA) is 132 Å². The lowest BCUT2D eigenvalue weighted by Crippen LogP contribution is -2.14. The summed E-state index contributed by atoms with van der Waals surface area (Å²) in [5.41, 5.74) is 0.474. The van der Waals surface area contributed by atoms with E-state index in [1.807, 2.05) is 0 Å². The average molecular weight is 367 g/mol. The fourth-order valence-electron chi connectivity index (χ4n) is 2.06. The summed E-state index contributed by atoms with van der Waals surface area (Å²) in [7, 11) is 0. The van der Waals surface area contributed by atoms with E-state index in [9.17, 15) is 19.8 Å². The van der Waals surface area contributed by atoms with Crippen LogP contribution >= 0.6 is 0 Å². The summed E-state index contributed by atoms with van der Waals surface area (Å²) in [6.07, 6.45) is 0. The number of azo groups is 1. The number of aliphatic hydroxyl groups is 2. The van der Waals surface area contributed by atoms with Crippen LogP contribution in [0.2, 0.25) is 0 Å². The number of aromatic carboxylic acids is 1. The Hall–Kier alpha value is -3.94. The summed E-state index contributed by atoms with van der Waals surface area (Å²) in [5.74, 6) is -2.41. The Morgan fingerprint density at radius 2 is 1.63 bits per heavy atom. The zero-order valence-electron chi connectivity index (χ0n) is 14.4. The molecule has 138 valence electrons. The van der Waals surface area contributed by atoms with Gasteiger partial charge >= 0.3 is 5.97 Å². The third-order valence-corrected chi connectivity index (χ3v) is 3.43. The number of aliphatic hydroxyl groups excluding tert-OH is 2. The van der Waals surface area contributed by atoms with Crippen molar-refractivity contribution in [2.75, 3.05) is 5.32 Å². The molecule has 0 aliphatic heterocycles. The maximum atomic E-state index is 12.3. The first-order chi connectivity index (χ1) is 12.8. The van der Waals surface area contributed by atoms with Gasteiger partial charge in [0.25, 0.3) is 5.91 Å². The average Bonchev–Trinajstić information content (AvgIpc) is 2.62. The zero-order valence-corrected chi connectivity index (χ0v) is 14.4. The highest BCUT2D eigenvalue weighted by Crippen LogP contribution is 2.21. The Morgan fingerprint density at radius 1 is 1.00 bits per heavy atom. The molecule has 0 saturated carbocycles. The van der Waals surface area contributed by atoms with Crippen molar-refractivity contribution in [3.05, 3.63) is 77.7 Å². The van der Waals surface area contributed by atoms with E-state index in [0.29, 0.717) is 11.3 Å². The molecule has 0 atom stereocenters. The number of amides is 1. The number of anilines is 1. The molecule has 2 aromatic rings. The van der Waals surface area contributed by atoms with Crippen LogP contribution in [0.1, 0.15) is 22.8 Å². The Bertz CT molecular complexity index is 942. The molecule has 0 aromatic heterocycles. The van der Waals surface area contributed by atoms with Crippen molar-refractivity contribution < 1.29 is 24.9 Å². The number of hydrogen-bond acceptors (Lipinski definition) is 6. The molecule has 0 unspecified atom stereocenters. The van der Waals surface area contributed by atoms with Crippen molar-refractivity contribution in [2.45, 2.75) is 6.92 Å². The molecule has 0 fully saturated rings. The van der Waals surface area contributed by atoms with Crippen LogP contribution in [0, 0.1) is 0 Å². The van der Waals surface area contributed by atoms with Gasteiger partial charge in [0.15, 0.2) is 5.70 Å². The number of carbonyl (C=O) groups excluding carboxylic acids is 1. The maximum absolute atomic E-state index is 12.3. The van der Waals surface area contributed by atoms with Crippen molar-refractivity contribution in [1.82, 2.24) is 0 Å². The number of carboxylic acids is 1. The quantitative estimate of drug-likeness (QED) is 0.341. The van der Waals surface area contributed by atoms with E-state index in [1.165, 1.54) is 37.3 Å². The van der Waals surface area contributed by atoms with Crippen molar-refractivity contribution in [3.8, 4) is 0 Å². The first kappa shape index (κ1) is 19.4. The zero-order chi connectivity index (χ0) is 20.0. The number of benzene rings is 2. The second kappa shape index (κ2) is 8.43. The largest absolute Gasteiger partial charge is 0.510 e. The van der Waals surface area contributed by atoms with Crippen LogP contribution in [-0.2, 0) is 4.79 Å². The number of hydrogen-bond donors (Lipinski definition) is 4. The van der Waals surface area contributed by atoms with Gasteiger partial charge in [0, 0.05) is 11.3 Å². The summed E-state index contributed by atoms with van der Waals surface area (Å²) in [6.45, 7) is 4.66. The van der Waals surface area contributed by atoms with Gasteiger partial charge in [0.1, 0.15) is 17.2 Å². The summed E-state index contributed by atoms with van der Waals surface area (Å²) < 4.78 is 0. The number of nitrogens with zero attached hydrogens (tertiary/aromatic N) is 2. The lowest BCUT2D eigenvalue weighted by molar-refractivity contribution is -0.113. The monoisotopic (exact) mass is 367 g/mol. The number of rotatable bonds is 6. The van der Waals surface area contributed by atoms with E-state index in [0.717, 1.165) is 0 Å². The lowest BCUT2D eigenvalue weighted by atomic mass is 10.2. The standard InChI is InChI=1S/C19H17N3O5/c1-11(23)13-7-9-14(10-8-13)20-18(25)17(12(2)24)22-21-16-6-4-3-5-15(16)19(26)27/h3-10,23-24H,1H2,2H3,(H,20,25)(H,26,27). The minimum Gasteiger partial charge on any atom is -0.510 e. The van der Waals surface area contributed by atoms with Crippen LogP contribution in [0.4, 0.5) is 11.4 Å². The van der Waals surface area contributed by atoms with Crippen LogP contribution in [0.15, 0.2) is 76.8 Å². The molecule has 2 rings (SSSR count). The van der Waals surface area contributed by atoms with Gasteiger partial charge in [-0.1, -0.05) is 18.7 Å². The van der Waals surface area contributed by atoms with Gasteiger partial charge in [-0.2, -0.15) is 0 Å². The molecule has 8 heteroatoms.